The van der Waals surface area contributed by atoms with E-state index < -0.39 is 11.9 Å². The van der Waals surface area contributed by atoms with Gasteiger partial charge in [-0.2, -0.15) is 0 Å². The van der Waals surface area contributed by atoms with Gasteiger partial charge in [-0.05, 0) is 23.8 Å². The van der Waals surface area contributed by atoms with Gasteiger partial charge in [-0.25, -0.2) is 4.79 Å². The molecule has 0 radical (unpaired) electrons. The summed E-state index contributed by atoms with van der Waals surface area (Å²) in [5.41, 5.74) is 2.18. The molecule has 1 aliphatic heterocycles. The summed E-state index contributed by atoms with van der Waals surface area (Å²) < 4.78 is 0. The van der Waals surface area contributed by atoms with E-state index in [-0.39, 0.29) is 12.3 Å². The maximum Gasteiger partial charge on any atom is 0.328 e. The van der Waals surface area contributed by atoms with Crippen molar-refractivity contribution in [1.82, 2.24) is 0 Å². The Bertz CT molecular complexity index is 592. The molecule has 2 N–H and O–H groups in total. The van der Waals surface area contributed by atoms with Gasteiger partial charge in [0.1, 0.15) is 0 Å². The molecule has 19 heavy (non-hydrogen) atoms. The number of amides is 2. The Labute approximate surface area is 109 Å². The second-order valence-electron chi connectivity index (χ2n) is 4.14. The zero-order chi connectivity index (χ0) is 14.0. The molecule has 6 heteroatoms. The summed E-state index contributed by atoms with van der Waals surface area (Å²) in [5, 5.41) is 11.2. The van der Waals surface area contributed by atoms with Gasteiger partial charge in [0.2, 0.25) is 5.91 Å². The van der Waals surface area contributed by atoms with Crippen LogP contribution in [0.1, 0.15) is 5.56 Å². The first-order valence-corrected chi connectivity index (χ1v) is 5.59. The number of nitrogens with zero attached hydrogens (tertiary/aromatic N) is 1. The molecule has 98 valence electrons. The molecule has 0 saturated heterocycles. The normalized spacial score (nSPS) is 13.2. The summed E-state index contributed by atoms with van der Waals surface area (Å²) in [6, 6.07) is 5.15. The molecule has 2 amide bonds. The highest BCUT2D eigenvalue weighted by atomic mass is 16.4. The van der Waals surface area contributed by atoms with Crippen molar-refractivity contribution in [3.8, 4) is 0 Å². The lowest BCUT2D eigenvalue weighted by Crippen LogP contribution is -2.24. The lowest BCUT2D eigenvalue weighted by atomic mass is 10.1. The van der Waals surface area contributed by atoms with Crippen molar-refractivity contribution in [2.24, 2.45) is 0 Å². The smallest absolute Gasteiger partial charge is 0.328 e. The van der Waals surface area contributed by atoms with Crippen molar-refractivity contribution in [2.75, 3.05) is 17.3 Å². The van der Waals surface area contributed by atoms with Crippen LogP contribution in [0.2, 0.25) is 0 Å². The van der Waals surface area contributed by atoms with Crippen LogP contribution in [-0.2, 0) is 20.8 Å². The van der Waals surface area contributed by atoms with Crippen LogP contribution < -0.4 is 10.2 Å². The van der Waals surface area contributed by atoms with E-state index in [1.165, 1.54) is 4.90 Å². The number of carboxylic acid groups (broad SMARTS) is 1. The van der Waals surface area contributed by atoms with Crippen LogP contribution in [0.3, 0.4) is 0 Å². The van der Waals surface area contributed by atoms with E-state index in [2.05, 4.69) is 5.32 Å². The number of likely N-dealkylation sites (N-methyl/N-ethyl adjacent to an activating group) is 1. The Hall–Kier alpha value is -2.63. The second-order valence-corrected chi connectivity index (χ2v) is 4.14. The highest BCUT2D eigenvalue weighted by Gasteiger charge is 2.19. The van der Waals surface area contributed by atoms with Crippen LogP contribution in [0.15, 0.2) is 30.4 Å². The third kappa shape index (κ3) is 2.79. The number of aliphatic carboxylic acids is 1. The predicted octanol–water partition coefficient (Wildman–Crippen LogP) is 0.785. The molecule has 2 rings (SSSR count). The van der Waals surface area contributed by atoms with Crippen LogP contribution in [0.4, 0.5) is 11.4 Å². The Balaban J connectivity index is 2.19. The Kier molecular flexibility index (Phi) is 3.33. The van der Waals surface area contributed by atoms with Gasteiger partial charge in [0, 0.05) is 30.6 Å². The molecule has 0 aliphatic carbocycles. The molecule has 1 heterocycles. The fourth-order valence-corrected chi connectivity index (χ4v) is 1.81. The van der Waals surface area contributed by atoms with E-state index >= 15 is 0 Å². The number of rotatable bonds is 3. The Morgan fingerprint density at radius 1 is 1.37 bits per heavy atom. The maximum atomic E-state index is 11.7. The van der Waals surface area contributed by atoms with E-state index in [0.717, 1.165) is 23.4 Å². The van der Waals surface area contributed by atoms with Gasteiger partial charge in [0.05, 0.1) is 6.42 Å². The molecule has 0 spiro atoms. The molecule has 0 aromatic heterocycles. The first-order valence-electron chi connectivity index (χ1n) is 5.59. The first-order chi connectivity index (χ1) is 8.97. The third-order valence-electron chi connectivity index (χ3n) is 2.80. The summed E-state index contributed by atoms with van der Waals surface area (Å²) in [5.74, 6) is -1.70. The highest BCUT2D eigenvalue weighted by molar-refractivity contribution is 6.05. The van der Waals surface area contributed by atoms with Crippen molar-refractivity contribution < 1.29 is 19.5 Å². The molecule has 0 unspecified atom stereocenters. The summed E-state index contributed by atoms with van der Waals surface area (Å²) >= 11 is 0. The van der Waals surface area contributed by atoms with Crippen LogP contribution in [0, 0.1) is 0 Å². The number of benzene rings is 1. The summed E-state index contributed by atoms with van der Waals surface area (Å²) in [6.07, 6.45) is 2.06. The van der Waals surface area contributed by atoms with Gasteiger partial charge in [-0.1, -0.05) is 0 Å². The van der Waals surface area contributed by atoms with Gasteiger partial charge < -0.3 is 15.3 Å². The topological polar surface area (TPSA) is 86.7 Å². The average molecular weight is 260 g/mol. The van der Waals surface area contributed by atoms with Crippen molar-refractivity contribution >= 4 is 29.2 Å². The quantitative estimate of drug-likeness (QED) is 0.786. The number of carboxylic acids is 1. The number of carbonyl (C=O) groups is 3. The van der Waals surface area contributed by atoms with Gasteiger partial charge in [-0.15, -0.1) is 0 Å². The lowest BCUT2D eigenvalue weighted by Gasteiger charge is -2.16. The predicted molar refractivity (Wildman–Crippen MR) is 69.0 cm³/mol. The summed E-state index contributed by atoms with van der Waals surface area (Å²) in [4.78, 5) is 34.6. The average Bonchev–Trinajstić information content (AvgIpc) is 2.73. The van der Waals surface area contributed by atoms with Crippen LogP contribution in [-0.4, -0.2) is 29.9 Å². The largest absolute Gasteiger partial charge is 0.478 e. The molecule has 1 aromatic rings. The van der Waals surface area contributed by atoms with Crippen LogP contribution >= 0.6 is 0 Å². The maximum absolute atomic E-state index is 11.7. The second kappa shape index (κ2) is 4.93. The van der Waals surface area contributed by atoms with E-state index in [0.29, 0.717) is 5.69 Å². The number of carbonyl (C=O) groups excluding carboxylic acids is 2. The minimum atomic E-state index is -1.18. The van der Waals surface area contributed by atoms with E-state index in [1.54, 1.807) is 25.2 Å². The standard InChI is InChI=1S/C13H12N2O4/c1-15(12(17)4-5-13(18)19)9-2-3-10-8(6-9)7-11(16)14-10/h2-6H,7H2,1H3,(H,14,16)(H,18,19)/b5-4+. The van der Waals surface area contributed by atoms with Crippen molar-refractivity contribution in [3.05, 3.63) is 35.9 Å². The van der Waals surface area contributed by atoms with Gasteiger partial charge in [-0.3, -0.25) is 9.59 Å². The molecule has 6 nitrogen and oxygen atoms in total. The number of hydrogen-bond donors (Lipinski definition) is 2. The monoisotopic (exact) mass is 260 g/mol. The minimum absolute atomic E-state index is 0.0769. The lowest BCUT2D eigenvalue weighted by molar-refractivity contribution is -0.131. The summed E-state index contributed by atoms with van der Waals surface area (Å²) in [7, 11) is 1.54. The summed E-state index contributed by atoms with van der Waals surface area (Å²) in [6.45, 7) is 0. The Morgan fingerprint density at radius 2 is 2.11 bits per heavy atom. The first kappa shape index (κ1) is 12.8. The number of anilines is 2. The van der Waals surface area contributed by atoms with Gasteiger partial charge >= 0.3 is 5.97 Å². The molecule has 0 atom stereocenters. The Morgan fingerprint density at radius 3 is 2.79 bits per heavy atom. The molecular formula is C13H12N2O4. The SMILES string of the molecule is CN(C(=O)/C=C/C(=O)O)c1ccc2c(c1)CC(=O)N2. The van der Waals surface area contributed by atoms with Crippen molar-refractivity contribution in [1.29, 1.82) is 0 Å². The molecular weight excluding hydrogens is 248 g/mol. The minimum Gasteiger partial charge on any atom is -0.478 e. The van der Waals surface area contributed by atoms with E-state index in [9.17, 15) is 14.4 Å². The zero-order valence-electron chi connectivity index (χ0n) is 10.2. The van der Waals surface area contributed by atoms with Crippen LogP contribution in [0.25, 0.3) is 0 Å². The fourth-order valence-electron chi connectivity index (χ4n) is 1.81. The number of fused-ring (bicyclic) bond motifs is 1. The van der Waals surface area contributed by atoms with Crippen molar-refractivity contribution in [2.45, 2.75) is 6.42 Å². The van der Waals surface area contributed by atoms with Gasteiger partial charge in [0.15, 0.2) is 0 Å². The molecule has 0 saturated carbocycles. The number of hydrogen-bond acceptors (Lipinski definition) is 3. The third-order valence-corrected chi connectivity index (χ3v) is 2.80. The highest BCUT2D eigenvalue weighted by Crippen LogP contribution is 2.27. The fraction of sp³-hybridized carbons (Fsp3) is 0.154. The van der Waals surface area contributed by atoms with Gasteiger partial charge in [0.25, 0.3) is 5.91 Å². The molecule has 1 aromatic carbocycles. The van der Waals surface area contributed by atoms with Crippen molar-refractivity contribution in [3.63, 3.8) is 0 Å². The van der Waals surface area contributed by atoms with Crippen LogP contribution in [0.5, 0.6) is 0 Å². The number of nitrogens with one attached hydrogen (secondary N) is 1. The molecule has 1 aliphatic rings. The molecule has 0 fully saturated rings. The van der Waals surface area contributed by atoms with E-state index in [4.69, 9.17) is 5.11 Å². The van der Waals surface area contributed by atoms with E-state index in [1.807, 2.05) is 0 Å². The molecule has 0 bridgehead atoms. The zero-order valence-corrected chi connectivity index (χ0v) is 10.2.